The Morgan fingerprint density at radius 1 is 1.06 bits per heavy atom. The lowest BCUT2D eigenvalue weighted by atomic mass is 9.43. The Kier molecular flexibility index (Phi) is 7.31. The van der Waals surface area contributed by atoms with E-state index >= 15 is 0 Å². The number of hydrogen-bond acceptors (Lipinski definition) is 7. The number of Topliss-reactive ketones (excluding diaryl/α,β-unsaturated/α-hetero) is 1. The zero-order valence-corrected chi connectivity index (χ0v) is 22.5. The van der Waals surface area contributed by atoms with Gasteiger partial charge in [0, 0.05) is 37.4 Å². The van der Waals surface area contributed by atoms with Crippen LogP contribution in [0.3, 0.4) is 0 Å². The monoisotopic (exact) mass is 504 g/mol. The van der Waals surface area contributed by atoms with E-state index in [0.717, 1.165) is 37.7 Å². The Labute approximate surface area is 214 Å². The molecule has 194 valence electrons. The summed E-state index contributed by atoms with van der Waals surface area (Å²) in [5, 5.41) is 0. The van der Waals surface area contributed by atoms with Crippen LogP contribution in [0.4, 0.5) is 0 Å². The third kappa shape index (κ3) is 4.40. The predicted molar refractivity (Wildman–Crippen MR) is 135 cm³/mol. The summed E-state index contributed by atoms with van der Waals surface area (Å²) in [6.45, 7) is 7.75. The van der Waals surface area contributed by atoms with Crippen LogP contribution in [0, 0.1) is 34.5 Å². The molecule has 0 aliphatic heterocycles. The Morgan fingerprint density at radius 3 is 2.43 bits per heavy atom. The average molecular weight is 505 g/mol. The quantitative estimate of drug-likeness (QED) is 0.302. The molecular weight excluding hydrogens is 464 g/mol. The van der Waals surface area contributed by atoms with Crippen molar-refractivity contribution in [2.45, 2.75) is 91.1 Å². The molecule has 3 saturated carbocycles. The van der Waals surface area contributed by atoms with Crippen molar-refractivity contribution in [2.24, 2.45) is 34.5 Å². The first-order chi connectivity index (χ1) is 16.5. The highest BCUT2D eigenvalue weighted by atomic mass is 32.1. The molecule has 0 N–H and O–H groups in total. The van der Waals surface area contributed by atoms with Crippen molar-refractivity contribution in [1.29, 1.82) is 0 Å². The van der Waals surface area contributed by atoms with Gasteiger partial charge in [-0.05, 0) is 80.6 Å². The molecule has 2 unspecified atom stereocenters. The summed E-state index contributed by atoms with van der Waals surface area (Å²) in [6, 6.07) is 0. The number of thiol groups is 1. The van der Waals surface area contributed by atoms with Crippen LogP contribution in [0.2, 0.25) is 0 Å². The number of rotatable bonds is 7. The minimum Gasteiger partial charge on any atom is -0.466 e. The molecule has 0 heterocycles. The summed E-state index contributed by atoms with van der Waals surface area (Å²) in [5.41, 5.74) is 0.218. The Balaban J connectivity index is 1.70. The van der Waals surface area contributed by atoms with E-state index in [-0.39, 0.29) is 57.8 Å². The van der Waals surface area contributed by atoms with E-state index in [2.05, 4.69) is 26.5 Å². The van der Waals surface area contributed by atoms with Gasteiger partial charge in [0.05, 0.1) is 6.61 Å². The molecule has 4 aliphatic carbocycles. The maximum absolute atomic E-state index is 13.3. The first kappa shape index (κ1) is 26.4. The average Bonchev–Trinajstić information content (AvgIpc) is 3.08. The summed E-state index contributed by atoms with van der Waals surface area (Å²) in [7, 11) is 0. The Morgan fingerprint density at radius 2 is 1.77 bits per heavy atom. The second-order valence-electron chi connectivity index (χ2n) is 11.8. The van der Waals surface area contributed by atoms with Gasteiger partial charge in [0.1, 0.15) is 11.4 Å². The Hall–Kier alpha value is -1.63. The van der Waals surface area contributed by atoms with E-state index in [1.54, 1.807) is 0 Å². The number of allylic oxidation sites excluding steroid dienone is 1. The van der Waals surface area contributed by atoms with E-state index in [9.17, 15) is 19.2 Å². The van der Waals surface area contributed by atoms with Gasteiger partial charge in [0.15, 0.2) is 5.78 Å². The molecule has 35 heavy (non-hydrogen) atoms. The Bertz CT molecular complexity index is 942. The number of ether oxygens (including phenoxy) is 2. The number of ketones is 2. The SMILES string of the molecule is CC(=O)OCCCC1(OC(C)=O)CC[C@H]2[C@@H]3C(C(=O)CS)CC4=CC(=O)CC[C@]4(C)[C@@H]3CC[C@@]21C. The zero-order valence-electron chi connectivity index (χ0n) is 21.6. The van der Waals surface area contributed by atoms with Crippen LogP contribution in [0.1, 0.15) is 85.5 Å². The van der Waals surface area contributed by atoms with Crippen molar-refractivity contribution >= 4 is 36.1 Å². The van der Waals surface area contributed by atoms with Crippen LogP contribution < -0.4 is 0 Å². The smallest absolute Gasteiger partial charge is 0.303 e. The number of hydrogen-bond donors (Lipinski definition) is 1. The molecule has 0 saturated heterocycles. The summed E-state index contributed by atoms with van der Waals surface area (Å²) < 4.78 is 11.4. The first-order valence-electron chi connectivity index (χ1n) is 13.2. The minimum absolute atomic E-state index is 0.0602. The van der Waals surface area contributed by atoms with Crippen molar-refractivity contribution in [3.8, 4) is 0 Å². The topological polar surface area (TPSA) is 86.7 Å². The number of carbonyl (C=O) groups is 4. The van der Waals surface area contributed by atoms with Crippen molar-refractivity contribution < 1.29 is 28.7 Å². The molecule has 0 aromatic rings. The van der Waals surface area contributed by atoms with Crippen molar-refractivity contribution in [3.05, 3.63) is 11.6 Å². The summed E-state index contributed by atoms with van der Waals surface area (Å²) >= 11 is 4.36. The highest BCUT2D eigenvalue weighted by molar-refractivity contribution is 7.81. The van der Waals surface area contributed by atoms with Crippen LogP contribution in [0.5, 0.6) is 0 Å². The van der Waals surface area contributed by atoms with E-state index in [1.165, 1.54) is 13.8 Å². The fourth-order valence-electron chi connectivity index (χ4n) is 8.58. The molecule has 4 rings (SSSR count). The van der Waals surface area contributed by atoms with Gasteiger partial charge < -0.3 is 9.47 Å². The maximum Gasteiger partial charge on any atom is 0.303 e. The van der Waals surface area contributed by atoms with E-state index < -0.39 is 5.60 Å². The van der Waals surface area contributed by atoms with Crippen LogP contribution in [0.15, 0.2) is 11.6 Å². The minimum atomic E-state index is -0.622. The van der Waals surface area contributed by atoms with Crippen LogP contribution >= 0.6 is 12.6 Å². The lowest BCUT2D eigenvalue weighted by Gasteiger charge is -2.61. The molecule has 0 radical (unpaired) electrons. The predicted octanol–water partition coefficient (Wildman–Crippen LogP) is 4.89. The van der Waals surface area contributed by atoms with Gasteiger partial charge in [0.25, 0.3) is 0 Å². The molecule has 7 atom stereocenters. The molecule has 3 fully saturated rings. The van der Waals surface area contributed by atoms with Gasteiger partial charge in [-0.25, -0.2) is 0 Å². The molecule has 6 nitrogen and oxygen atoms in total. The maximum atomic E-state index is 13.3. The summed E-state index contributed by atoms with van der Waals surface area (Å²) in [6.07, 6.45) is 8.70. The highest BCUT2D eigenvalue weighted by Gasteiger charge is 2.67. The second-order valence-corrected chi connectivity index (χ2v) is 12.1. The number of carbonyl (C=O) groups excluding carboxylic acids is 4. The van der Waals surface area contributed by atoms with Crippen LogP contribution in [-0.2, 0) is 28.7 Å². The van der Waals surface area contributed by atoms with Gasteiger partial charge in [-0.2, -0.15) is 12.6 Å². The summed E-state index contributed by atoms with van der Waals surface area (Å²) in [5.74, 6) is 0.570. The molecule has 0 aromatic carbocycles. The standard InChI is InChI=1S/C28H40O6S/c1-17(29)33-13-5-9-28(34-18(2)30)12-8-23-25-21(24(32)16-35)15-19-14-20(31)6-10-26(19,3)22(25)7-11-27(23,28)4/h14,21-23,25,35H,5-13,15-16H2,1-4H3/t21?,22-,23+,25-,26+,27+,28?/m1/s1. The molecule has 0 bridgehead atoms. The number of fused-ring (bicyclic) bond motifs is 5. The van der Waals surface area contributed by atoms with E-state index in [0.29, 0.717) is 38.2 Å². The second kappa shape index (κ2) is 9.68. The zero-order chi connectivity index (χ0) is 25.6. The van der Waals surface area contributed by atoms with E-state index in [4.69, 9.17) is 9.47 Å². The van der Waals surface area contributed by atoms with E-state index in [1.807, 2.05) is 6.08 Å². The molecule has 4 aliphatic rings. The molecule has 0 spiro atoms. The lowest BCUT2D eigenvalue weighted by molar-refractivity contribution is -0.188. The third-order valence-electron chi connectivity index (χ3n) is 10.2. The van der Waals surface area contributed by atoms with Crippen molar-refractivity contribution in [2.75, 3.05) is 12.4 Å². The largest absolute Gasteiger partial charge is 0.466 e. The third-order valence-corrected chi connectivity index (χ3v) is 10.6. The van der Waals surface area contributed by atoms with Gasteiger partial charge in [-0.15, -0.1) is 0 Å². The van der Waals surface area contributed by atoms with Crippen molar-refractivity contribution in [1.82, 2.24) is 0 Å². The van der Waals surface area contributed by atoms with Crippen LogP contribution in [-0.4, -0.2) is 41.5 Å². The number of esters is 2. The molecular formula is C28H40O6S. The normalized spacial score (nSPS) is 40.1. The van der Waals surface area contributed by atoms with Gasteiger partial charge in [-0.3, -0.25) is 19.2 Å². The van der Waals surface area contributed by atoms with Gasteiger partial charge in [0.2, 0.25) is 0 Å². The van der Waals surface area contributed by atoms with Gasteiger partial charge >= 0.3 is 11.9 Å². The first-order valence-corrected chi connectivity index (χ1v) is 13.8. The molecule has 7 heteroatoms. The fourth-order valence-corrected chi connectivity index (χ4v) is 8.82. The molecule has 0 amide bonds. The fraction of sp³-hybridized carbons (Fsp3) is 0.786. The van der Waals surface area contributed by atoms with Gasteiger partial charge in [-0.1, -0.05) is 19.4 Å². The lowest BCUT2D eigenvalue weighted by Crippen LogP contribution is -2.59. The van der Waals surface area contributed by atoms with Crippen LogP contribution in [0.25, 0.3) is 0 Å². The highest BCUT2D eigenvalue weighted by Crippen LogP contribution is 2.70. The summed E-state index contributed by atoms with van der Waals surface area (Å²) in [4.78, 5) is 49.2. The van der Waals surface area contributed by atoms with Crippen molar-refractivity contribution in [3.63, 3.8) is 0 Å². The molecule has 0 aromatic heterocycles.